The maximum Gasteiger partial charge on any atom is 0.307 e. The number of carboxylic acids is 1. The molecule has 18 heavy (non-hydrogen) atoms. The van der Waals surface area contributed by atoms with Crippen LogP contribution in [0.1, 0.15) is 11.1 Å². The van der Waals surface area contributed by atoms with Gasteiger partial charge in [-0.1, -0.05) is 48.5 Å². The van der Waals surface area contributed by atoms with Crippen molar-refractivity contribution in [2.24, 2.45) is 5.73 Å². The topological polar surface area (TPSA) is 63.3 Å². The molecular weight excluding hydrogens is 226 g/mol. The number of carboxylic acid groups (broad SMARTS) is 1. The van der Waals surface area contributed by atoms with Gasteiger partial charge in [-0.05, 0) is 22.3 Å². The third kappa shape index (κ3) is 2.57. The summed E-state index contributed by atoms with van der Waals surface area (Å²) < 4.78 is 0. The third-order valence-electron chi connectivity index (χ3n) is 2.91. The number of rotatable bonds is 4. The van der Waals surface area contributed by atoms with Crippen LogP contribution in [0.3, 0.4) is 0 Å². The summed E-state index contributed by atoms with van der Waals surface area (Å²) in [5, 5.41) is 9.02. The van der Waals surface area contributed by atoms with Crippen LogP contribution < -0.4 is 5.73 Å². The van der Waals surface area contributed by atoms with E-state index >= 15 is 0 Å². The highest BCUT2D eigenvalue weighted by Gasteiger charge is 2.12. The van der Waals surface area contributed by atoms with E-state index in [1.807, 2.05) is 48.5 Å². The van der Waals surface area contributed by atoms with Crippen LogP contribution in [0.25, 0.3) is 11.1 Å². The average Bonchev–Trinajstić information content (AvgIpc) is 2.39. The van der Waals surface area contributed by atoms with Gasteiger partial charge in [0.2, 0.25) is 0 Å². The molecule has 0 unspecified atom stereocenters. The first kappa shape index (κ1) is 12.3. The molecule has 2 aromatic rings. The first-order chi connectivity index (χ1) is 8.72. The largest absolute Gasteiger partial charge is 0.481 e. The van der Waals surface area contributed by atoms with E-state index < -0.39 is 5.97 Å². The monoisotopic (exact) mass is 241 g/mol. The Hall–Kier alpha value is -2.13. The molecular formula is C15H15NO2. The predicted octanol–water partition coefficient (Wildman–Crippen LogP) is 2.44. The van der Waals surface area contributed by atoms with Gasteiger partial charge in [0.25, 0.3) is 0 Å². The molecule has 0 atom stereocenters. The normalized spacial score (nSPS) is 10.3. The van der Waals surface area contributed by atoms with Gasteiger partial charge in [-0.3, -0.25) is 4.79 Å². The Labute approximate surface area is 106 Å². The van der Waals surface area contributed by atoms with Crippen LogP contribution in [0.2, 0.25) is 0 Å². The lowest BCUT2D eigenvalue weighted by atomic mass is 9.93. The summed E-state index contributed by atoms with van der Waals surface area (Å²) in [6.45, 7) is 0.350. The van der Waals surface area contributed by atoms with Crippen LogP contribution >= 0.6 is 0 Å². The van der Waals surface area contributed by atoms with E-state index in [0.717, 1.165) is 22.3 Å². The Morgan fingerprint density at radius 3 is 2.39 bits per heavy atom. The molecule has 0 radical (unpaired) electrons. The summed E-state index contributed by atoms with van der Waals surface area (Å²) >= 11 is 0. The maximum atomic E-state index is 11.0. The molecule has 0 fully saturated rings. The fraction of sp³-hybridized carbons (Fsp3) is 0.133. The second-order valence-corrected chi connectivity index (χ2v) is 4.08. The van der Waals surface area contributed by atoms with Gasteiger partial charge in [0.05, 0.1) is 6.42 Å². The highest BCUT2D eigenvalue weighted by molar-refractivity contribution is 5.77. The van der Waals surface area contributed by atoms with E-state index in [2.05, 4.69) is 0 Å². The first-order valence-corrected chi connectivity index (χ1v) is 5.80. The highest BCUT2D eigenvalue weighted by atomic mass is 16.4. The van der Waals surface area contributed by atoms with Gasteiger partial charge in [-0.2, -0.15) is 0 Å². The van der Waals surface area contributed by atoms with Gasteiger partial charge in [-0.25, -0.2) is 0 Å². The molecule has 3 N–H and O–H groups in total. The van der Waals surface area contributed by atoms with Crippen molar-refractivity contribution in [3.8, 4) is 11.1 Å². The van der Waals surface area contributed by atoms with Crippen molar-refractivity contribution >= 4 is 5.97 Å². The number of carbonyl (C=O) groups is 1. The van der Waals surface area contributed by atoms with Crippen LogP contribution in [-0.4, -0.2) is 11.1 Å². The van der Waals surface area contributed by atoms with Gasteiger partial charge in [0.1, 0.15) is 0 Å². The molecule has 3 nitrogen and oxygen atoms in total. The van der Waals surface area contributed by atoms with Crippen LogP contribution in [-0.2, 0) is 17.8 Å². The Morgan fingerprint density at radius 1 is 1.06 bits per heavy atom. The quantitative estimate of drug-likeness (QED) is 0.864. The van der Waals surface area contributed by atoms with Gasteiger partial charge < -0.3 is 10.8 Å². The maximum absolute atomic E-state index is 11.0. The first-order valence-electron chi connectivity index (χ1n) is 5.80. The standard InChI is InChI=1S/C15H15NO2/c16-10-12-7-4-8-13(14(12)9-15(17)18)11-5-2-1-3-6-11/h1-8H,9-10,16H2,(H,17,18). The van der Waals surface area contributed by atoms with Crippen molar-refractivity contribution in [2.45, 2.75) is 13.0 Å². The van der Waals surface area contributed by atoms with Crippen molar-refractivity contribution in [3.05, 3.63) is 59.7 Å². The van der Waals surface area contributed by atoms with Gasteiger partial charge >= 0.3 is 5.97 Å². The fourth-order valence-corrected chi connectivity index (χ4v) is 2.07. The molecule has 2 aromatic carbocycles. The Kier molecular flexibility index (Phi) is 3.75. The van der Waals surface area contributed by atoms with E-state index in [9.17, 15) is 4.79 Å². The van der Waals surface area contributed by atoms with Crippen molar-refractivity contribution in [2.75, 3.05) is 0 Å². The smallest absolute Gasteiger partial charge is 0.307 e. The summed E-state index contributed by atoms with van der Waals surface area (Å²) in [5.74, 6) is -0.840. The average molecular weight is 241 g/mol. The van der Waals surface area contributed by atoms with E-state index in [1.165, 1.54) is 0 Å². The number of nitrogens with two attached hydrogens (primary N) is 1. The molecule has 92 valence electrons. The summed E-state index contributed by atoms with van der Waals surface area (Å²) in [4.78, 5) is 11.0. The Bertz CT molecular complexity index is 550. The van der Waals surface area contributed by atoms with Crippen LogP contribution in [0.4, 0.5) is 0 Å². The van der Waals surface area contributed by atoms with E-state index in [4.69, 9.17) is 10.8 Å². The van der Waals surface area contributed by atoms with Crippen molar-refractivity contribution < 1.29 is 9.90 Å². The molecule has 0 aliphatic rings. The SMILES string of the molecule is NCc1cccc(-c2ccccc2)c1CC(=O)O. The zero-order valence-corrected chi connectivity index (χ0v) is 9.97. The molecule has 0 saturated heterocycles. The van der Waals surface area contributed by atoms with Crippen LogP contribution in [0, 0.1) is 0 Å². The summed E-state index contributed by atoms with van der Waals surface area (Å²) in [6, 6.07) is 15.5. The number of hydrogen-bond donors (Lipinski definition) is 2. The number of hydrogen-bond acceptors (Lipinski definition) is 2. The molecule has 0 aliphatic carbocycles. The molecule has 0 aromatic heterocycles. The van der Waals surface area contributed by atoms with Crippen LogP contribution in [0.5, 0.6) is 0 Å². The zero-order valence-electron chi connectivity index (χ0n) is 9.97. The lowest BCUT2D eigenvalue weighted by Gasteiger charge is -2.12. The van der Waals surface area contributed by atoms with Gasteiger partial charge in [-0.15, -0.1) is 0 Å². The van der Waals surface area contributed by atoms with Crippen molar-refractivity contribution in [1.29, 1.82) is 0 Å². The van der Waals surface area contributed by atoms with Gasteiger partial charge in [0, 0.05) is 6.54 Å². The molecule has 2 rings (SSSR count). The van der Waals surface area contributed by atoms with Crippen molar-refractivity contribution in [3.63, 3.8) is 0 Å². The lowest BCUT2D eigenvalue weighted by molar-refractivity contribution is -0.136. The molecule has 0 bridgehead atoms. The summed E-state index contributed by atoms with van der Waals surface area (Å²) in [5.41, 5.74) is 9.34. The zero-order chi connectivity index (χ0) is 13.0. The second-order valence-electron chi connectivity index (χ2n) is 4.08. The minimum Gasteiger partial charge on any atom is -0.481 e. The Balaban J connectivity index is 2.56. The predicted molar refractivity (Wildman–Crippen MR) is 71.1 cm³/mol. The molecule has 3 heteroatoms. The molecule has 0 amide bonds. The highest BCUT2D eigenvalue weighted by Crippen LogP contribution is 2.26. The number of benzene rings is 2. The molecule has 0 heterocycles. The summed E-state index contributed by atoms with van der Waals surface area (Å²) in [7, 11) is 0. The Morgan fingerprint density at radius 2 is 1.78 bits per heavy atom. The summed E-state index contributed by atoms with van der Waals surface area (Å²) in [6.07, 6.45) is -0.00238. The lowest BCUT2D eigenvalue weighted by Crippen LogP contribution is -2.08. The minimum absolute atomic E-state index is 0.00238. The molecule has 0 saturated carbocycles. The minimum atomic E-state index is -0.840. The fourth-order valence-electron chi connectivity index (χ4n) is 2.07. The van der Waals surface area contributed by atoms with Crippen molar-refractivity contribution in [1.82, 2.24) is 0 Å². The van der Waals surface area contributed by atoms with Gasteiger partial charge in [0.15, 0.2) is 0 Å². The van der Waals surface area contributed by atoms with Crippen LogP contribution in [0.15, 0.2) is 48.5 Å². The number of aliphatic carboxylic acids is 1. The molecule has 0 spiro atoms. The third-order valence-corrected chi connectivity index (χ3v) is 2.91. The second kappa shape index (κ2) is 5.47. The van der Waals surface area contributed by atoms with E-state index in [0.29, 0.717) is 6.54 Å². The van der Waals surface area contributed by atoms with E-state index in [1.54, 1.807) is 0 Å². The van der Waals surface area contributed by atoms with E-state index in [-0.39, 0.29) is 6.42 Å². The molecule has 0 aliphatic heterocycles.